The van der Waals surface area contributed by atoms with E-state index >= 15 is 0 Å². The lowest BCUT2D eigenvalue weighted by Gasteiger charge is -2.11. The van der Waals surface area contributed by atoms with Gasteiger partial charge in [-0.3, -0.25) is 4.57 Å². The molecule has 3 N–H and O–H groups in total. The molecule has 0 bridgehead atoms. The molecule has 14 heavy (non-hydrogen) atoms. The van der Waals surface area contributed by atoms with Gasteiger partial charge in [-0.2, -0.15) is 0 Å². The van der Waals surface area contributed by atoms with Gasteiger partial charge in [-0.25, -0.2) is 0 Å². The van der Waals surface area contributed by atoms with Crippen LogP contribution in [-0.2, 0) is 11.0 Å². The van der Waals surface area contributed by atoms with Gasteiger partial charge < -0.3 is 14.9 Å². The van der Waals surface area contributed by atoms with Crippen molar-refractivity contribution in [3.8, 4) is 0 Å². The summed E-state index contributed by atoms with van der Waals surface area (Å²) in [6.07, 6.45) is -1.20. The standard InChI is InChI=1S/C9H13O4P/c10-9(7-14(11,12)13)6-8-4-2-1-3-5-8/h1-5,9-10H,6-7H2,(H2,11,12,13). The van der Waals surface area contributed by atoms with Gasteiger partial charge in [0.25, 0.3) is 0 Å². The lowest BCUT2D eigenvalue weighted by atomic mass is 10.1. The van der Waals surface area contributed by atoms with E-state index in [1.807, 2.05) is 30.3 Å². The van der Waals surface area contributed by atoms with E-state index in [-0.39, 0.29) is 6.42 Å². The monoisotopic (exact) mass is 216 g/mol. The van der Waals surface area contributed by atoms with E-state index in [2.05, 4.69) is 0 Å². The van der Waals surface area contributed by atoms with Crippen molar-refractivity contribution in [3.63, 3.8) is 0 Å². The molecule has 0 spiro atoms. The molecule has 0 saturated heterocycles. The number of hydrogen-bond acceptors (Lipinski definition) is 2. The van der Waals surface area contributed by atoms with Gasteiger partial charge in [0.15, 0.2) is 0 Å². The second-order valence-corrected chi connectivity index (χ2v) is 4.89. The summed E-state index contributed by atoms with van der Waals surface area (Å²) in [6, 6.07) is 9.10. The number of aliphatic hydroxyl groups is 1. The van der Waals surface area contributed by atoms with Crippen LogP contribution in [-0.4, -0.2) is 27.2 Å². The van der Waals surface area contributed by atoms with Crippen molar-refractivity contribution in [2.24, 2.45) is 0 Å². The van der Waals surface area contributed by atoms with Crippen molar-refractivity contribution in [1.29, 1.82) is 0 Å². The Morgan fingerprint density at radius 2 is 1.79 bits per heavy atom. The van der Waals surface area contributed by atoms with Crippen LogP contribution in [0.25, 0.3) is 0 Å². The van der Waals surface area contributed by atoms with Gasteiger partial charge >= 0.3 is 7.60 Å². The van der Waals surface area contributed by atoms with Crippen LogP contribution < -0.4 is 0 Å². The highest BCUT2D eigenvalue weighted by atomic mass is 31.2. The third-order valence-electron chi connectivity index (χ3n) is 1.76. The highest BCUT2D eigenvalue weighted by Crippen LogP contribution is 2.35. The van der Waals surface area contributed by atoms with Gasteiger partial charge in [0.1, 0.15) is 0 Å². The van der Waals surface area contributed by atoms with E-state index in [0.29, 0.717) is 0 Å². The SMILES string of the molecule is O=P(O)(O)CC(O)Cc1ccccc1. The Kier molecular flexibility index (Phi) is 3.84. The minimum atomic E-state index is -4.11. The van der Waals surface area contributed by atoms with Gasteiger partial charge in [0.05, 0.1) is 12.3 Å². The molecule has 0 fully saturated rings. The Balaban J connectivity index is 2.50. The van der Waals surface area contributed by atoms with Crippen LogP contribution in [0, 0.1) is 0 Å². The van der Waals surface area contributed by atoms with Crippen molar-refractivity contribution in [2.45, 2.75) is 12.5 Å². The fraction of sp³-hybridized carbons (Fsp3) is 0.333. The molecule has 4 nitrogen and oxygen atoms in total. The molecule has 1 aromatic carbocycles. The molecule has 0 aliphatic rings. The van der Waals surface area contributed by atoms with Crippen LogP contribution >= 0.6 is 7.60 Å². The second kappa shape index (κ2) is 4.71. The molecule has 1 atom stereocenters. The van der Waals surface area contributed by atoms with Gasteiger partial charge in [-0.05, 0) is 12.0 Å². The summed E-state index contributed by atoms with van der Waals surface area (Å²) < 4.78 is 10.6. The fourth-order valence-electron chi connectivity index (χ4n) is 1.23. The molecule has 0 amide bonds. The maximum atomic E-state index is 10.6. The highest BCUT2D eigenvalue weighted by Gasteiger charge is 2.19. The third-order valence-corrected chi connectivity index (χ3v) is 2.66. The average Bonchev–Trinajstić information content (AvgIpc) is 2.02. The number of benzene rings is 1. The first-order chi connectivity index (χ1) is 6.47. The molecule has 5 heteroatoms. The molecule has 0 heterocycles. The summed E-state index contributed by atoms with van der Waals surface area (Å²) in [5.41, 5.74) is 0.869. The summed E-state index contributed by atoms with van der Waals surface area (Å²) in [6.45, 7) is 0. The molecule has 1 unspecified atom stereocenters. The minimum Gasteiger partial charge on any atom is -0.392 e. The van der Waals surface area contributed by atoms with Crippen LogP contribution in [0.3, 0.4) is 0 Å². The quantitative estimate of drug-likeness (QED) is 0.649. The minimum absolute atomic E-state index is 0.270. The van der Waals surface area contributed by atoms with E-state index in [4.69, 9.17) is 9.79 Å². The summed E-state index contributed by atoms with van der Waals surface area (Å²) in [5, 5.41) is 9.35. The van der Waals surface area contributed by atoms with Crippen LogP contribution in [0.15, 0.2) is 30.3 Å². The van der Waals surface area contributed by atoms with Gasteiger partial charge in [0, 0.05) is 0 Å². The van der Waals surface area contributed by atoms with E-state index in [1.165, 1.54) is 0 Å². The molecule has 78 valence electrons. The zero-order valence-corrected chi connectivity index (χ0v) is 8.47. The van der Waals surface area contributed by atoms with E-state index in [9.17, 15) is 9.67 Å². The first-order valence-electron chi connectivity index (χ1n) is 4.24. The number of aliphatic hydroxyl groups excluding tert-OH is 1. The summed E-state index contributed by atoms with van der Waals surface area (Å²) in [5.74, 6) is 0. The Labute approximate surface area is 82.4 Å². The Hall–Kier alpha value is -0.670. The largest absolute Gasteiger partial charge is 0.392 e. The molecule has 1 rings (SSSR count). The predicted octanol–water partition coefficient (Wildman–Crippen LogP) is 0.768. The Morgan fingerprint density at radius 3 is 2.29 bits per heavy atom. The summed E-state index contributed by atoms with van der Waals surface area (Å²) >= 11 is 0. The Morgan fingerprint density at radius 1 is 1.21 bits per heavy atom. The van der Waals surface area contributed by atoms with Crippen LogP contribution in [0.5, 0.6) is 0 Å². The van der Waals surface area contributed by atoms with Gasteiger partial charge in [-0.15, -0.1) is 0 Å². The molecule has 0 aliphatic heterocycles. The van der Waals surface area contributed by atoms with Crippen LogP contribution in [0.2, 0.25) is 0 Å². The molecular weight excluding hydrogens is 203 g/mol. The first kappa shape index (κ1) is 11.4. The predicted molar refractivity (Wildman–Crippen MR) is 53.1 cm³/mol. The third kappa shape index (κ3) is 4.53. The van der Waals surface area contributed by atoms with E-state index in [1.54, 1.807) is 0 Å². The smallest absolute Gasteiger partial charge is 0.328 e. The second-order valence-electron chi connectivity index (χ2n) is 3.19. The van der Waals surface area contributed by atoms with Gasteiger partial charge in [0.2, 0.25) is 0 Å². The number of hydrogen-bond donors (Lipinski definition) is 3. The zero-order valence-electron chi connectivity index (χ0n) is 7.58. The van der Waals surface area contributed by atoms with Crippen LogP contribution in [0.1, 0.15) is 5.56 Å². The van der Waals surface area contributed by atoms with Crippen molar-refractivity contribution >= 4 is 7.60 Å². The van der Waals surface area contributed by atoms with Gasteiger partial charge in [-0.1, -0.05) is 30.3 Å². The maximum absolute atomic E-state index is 10.6. The molecule has 1 aromatic rings. The topological polar surface area (TPSA) is 77.8 Å². The normalized spacial score (nSPS) is 13.9. The fourth-order valence-corrected chi connectivity index (χ4v) is 1.90. The molecule has 0 aliphatic carbocycles. The van der Waals surface area contributed by atoms with E-state index in [0.717, 1.165) is 5.56 Å². The summed E-state index contributed by atoms with van der Waals surface area (Å²) in [7, 11) is -4.11. The van der Waals surface area contributed by atoms with Crippen molar-refractivity contribution in [1.82, 2.24) is 0 Å². The van der Waals surface area contributed by atoms with Crippen molar-refractivity contribution in [3.05, 3.63) is 35.9 Å². The Bertz CT molecular complexity index is 319. The van der Waals surface area contributed by atoms with E-state index < -0.39 is 19.9 Å². The highest BCUT2D eigenvalue weighted by molar-refractivity contribution is 7.51. The average molecular weight is 216 g/mol. The molecule has 0 radical (unpaired) electrons. The lowest BCUT2D eigenvalue weighted by Crippen LogP contribution is -2.15. The summed E-state index contributed by atoms with van der Waals surface area (Å²) in [4.78, 5) is 17.2. The maximum Gasteiger partial charge on any atom is 0.328 e. The molecular formula is C9H13O4P. The van der Waals surface area contributed by atoms with Crippen molar-refractivity contribution < 1.29 is 19.5 Å². The number of rotatable bonds is 4. The zero-order chi connectivity index (χ0) is 10.6. The van der Waals surface area contributed by atoms with Crippen molar-refractivity contribution in [2.75, 3.05) is 6.16 Å². The molecule has 0 aromatic heterocycles. The molecule has 0 saturated carbocycles. The van der Waals surface area contributed by atoms with Crippen LogP contribution in [0.4, 0.5) is 0 Å². The first-order valence-corrected chi connectivity index (χ1v) is 6.04. The lowest BCUT2D eigenvalue weighted by molar-refractivity contribution is 0.189.